The van der Waals surface area contributed by atoms with Crippen LogP contribution in [0.3, 0.4) is 0 Å². The molecule has 1 aliphatic heterocycles. The lowest BCUT2D eigenvalue weighted by Crippen LogP contribution is -2.29. The van der Waals surface area contributed by atoms with Gasteiger partial charge in [-0.05, 0) is 20.0 Å². The van der Waals surface area contributed by atoms with E-state index in [0.717, 1.165) is 29.9 Å². The fourth-order valence-corrected chi connectivity index (χ4v) is 1.98. The molecule has 0 aromatic carbocycles. The van der Waals surface area contributed by atoms with Crippen molar-refractivity contribution in [2.24, 2.45) is 0 Å². The van der Waals surface area contributed by atoms with Crippen LogP contribution in [0.15, 0.2) is 6.07 Å². The van der Waals surface area contributed by atoms with Gasteiger partial charge in [-0.2, -0.15) is 0 Å². The smallest absolute Gasteiger partial charge is 0.336 e. The van der Waals surface area contributed by atoms with Crippen molar-refractivity contribution in [1.29, 1.82) is 0 Å². The number of pyridine rings is 1. The first kappa shape index (κ1) is 10.1. The van der Waals surface area contributed by atoms with E-state index >= 15 is 0 Å². The number of hydrogen-bond donors (Lipinski definition) is 1. The first-order chi connectivity index (χ1) is 7.08. The highest BCUT2D eigenvalue weighted by Crippen LogP contribution is 2.21. The van der Waals surface area contributed by atoms with Crippen LogP contribution in [0.25, 0.3) is 0 Å². The molecular weight excluding hydrogens is 192 g/mol. The summed E-state index contributed by atoms with van der Waals surface area (Å²) in [4.78, 5) is 17.6. The molecule has 0 saturated heterocycles. The summed E-state index contributed by atoms with van der Waals surface area (Å²) in [6.45, 7) is 3.47. The Labute approximate surface area is 88.6 Å². The molecular formula is C11H14N2O2. The van der Waals surface area contributed by atoms with Crippen molar-refractivity contribution >= 4 is 5.97 Å². The van der Waals surface area contributed by atoms with E-state index in [-0.39, 0.29) is 0 Å². The van der Waals surface area contributed by atoms with Gasteiger partial charge in [-0.15, -0.1) is 0 Å². The highest BCUT2D eigenvalue weighted by molar-refractivity contribution is 5.89. The van der Waals surface area contributed by atoms with Crippen molar-refractivity contribution < 1.29 is 9.90 Å². The Morgan fingerprint density at radius 3 is 3.00 bits per heavy atom. The molecule has 1 aliphatic rings. The van der Waals surface area contributed by atoms with Gasteiger partial charge in [-0.1, -0.05) is 0 Å². The Morgan fingerprint density at radius 1 is 1.60 bits per heavy atom. The van der Waals surface area contributed by atoms with Crippen LogP contribution in [0.5, 0.6) is 0 Å². The molecule has 0 bridgehead atoms. The third-order valence-corrected chi connectivity index (χ3v) is 2.73. The van der Waals surface area contributed by atoms with Crippen molar-refractivity contribution in [1.82, 2.24) is 9.88 Å². The zero-order valence-corrected chi connectivity index (χ0v) is 8.95. The van der Waals surface area contributed by atoms with Crippen LogP contribution >= 0.6 is 0 Å². The molecule has 0 unspecified atom stereocenters. The number of hydrogen-bond acceptors (Lipinski definition) is 3. The van der Waals surface area contributed by atoms with Gasteiger partial charge in [0.1, 0.15) is 0 Å². The lowest BCUT2D eigenvalue weighted by molar-refractivity contribution is 0.0693. The Kier molecular flexibility index (Phi) is 2.44. The van der Waals surface area contributed by atoms with E-state index in [2.05, 4.69) is 9.88 Å². The second-order valence-electron chi connectivity index (χ2n) is 4.03. The number of carboxylic acid groups (broad SMARTS) is 1. The summed E-state index contributed by atoms with van der Waals surface area (Å²) in [7, 11) is 1.99. The summed E-state index contributed by atoms with van der Waals surface area (Å²) in [6, 6.07) is 1.65. The van der Waals surface area contributed by atoms with Crippen LogP contribution in [0.2, 0.25) is 0 Å². The molecule has 0 spiro atoms. The van der Waals surface area contributed by atoms with Crippen LogP contribution in [-0.2, 0) is 13.0 Å². The summed E-state index contributed by atoms with van der Waals surface area (Å²) in [5.74, 6) is -0.855. The van der Waals surface area contributed by atoms with E-state index in [0.29, 0.717) is 12.1 Å². The quantitative estimate of drug-likeness (QED) is 0.747. The van der Waals surface area contributed by atoms with Gasteiger partial charge in [0.2, 0.25) is 0 Å². The van der Waals surface area contributed by atoms with Gasteiger partial charge >= 0.3 is 5.97 Å². The summed E-state index contributed by atoms with van der Waals surface area (Å²) in [6.07, 6.45) is 0.841. The van der Waals surface area contributed by atoms with E-state index in [1.807, 2.05) is 14.0 Å². The standard InChI is InChI=1S/C11H14N2O2/c1-7-5-8(11(14)15)9-6-13(2)4-3-10(9)12-7/h5H,3-4,6H2,1-2H3,(H,14,15). The Balaban J connectivity index is 2.55. The summed E-state index contributed by atoms with van der Waals surface area (Å²) in [5, 5.41) is 9.11. The average Bonchev–Trinajstić information content (AvgIpc) is 2.17. The normalized spacial score (nSPS) is 16.1. The van der Waals surface area contributed by atoms with Gasteiger partial charge in [0.15, 0.2) is 0 Å². The fraction of sp³-hybridized carbons (Fsp3) is 0.455. The predicted octanol–water partition coefficient (Wildman–Crippen LogP) is 1.08. The number of aromatic nitrogens is 1. The van der Waals surface area contributed by atoms with Crippen molar-refractivity contribution in [3.63, 3.8) is 0 Å². The minimum atomic E-state index is -0.855. The van der Waals surface area contributed by atoms with Crippen LogP contribution in [0, 0.1) is 6.92 Å². The third-order valence-electron chi connectivity index (χ3n) is 2.73. The van der Waals surface area contributed by atoms with E-state index in [9.17, 15) is 4.79 Å². The van der Waals surface area contributed by atoms with E-state index in [4.69, 9.17) is 5.11 Å². The van der Waals surface area contributed by atoms with Gasteiger partial charge in [0, 0.05) is 36.5 Å². The molecule has 0 radical (unpaired) electrons. The molecule has 1 aromatic rings. The van der Waals surface area contributed by atoms with Gasteiger partial charge < -0.3 is 10.0 Å². The molecule has 2 rings (SSSR count). The van der Waals surface area contributed by atoms with Crippen molar-refractivity contribution in [3.8, 4) is 0 Å². The first-order valence-corrected chi connectivity index (χ1v) is 4.99. The number of aryl methyl sites for hydroxylation is 1. The van der Waals surface area contributed by atoms with Gasteiger partial charge in [-0.3, -0.25) is 4.98 Å². The molecule has 0 aliphatic carbocycles. The third kappa shape index (κ3) is 1.85. The Morgan fingerprint density at radius 2 is 2.33 bits per heavy atom. The topological polar surface area (TPSA) is 53.4 Å². The van der Waals surface area contributed by atoms with Crippen molar-refractivity contribution in [2.75, 3.05) is 13.6 Å². The molecule has 0 saturated carbocycles. The number of rotatable bonds is 1. The number of carbonyl (C=O) groups is 1. The summed E-state index contributed by atoms with van der Waals surface area (Å²) in [5.41, 5.74) is 3.02. The van der Waals surface area contributed by atoms with Crippen LogP contribution in [-0.4, -0.2) is 34.6 Å². The van der Waals surface area contributed by atoms with Crippen molar-refractivity contribution in [3.05, 3.63) is 28.6 Å². The Bertz CT molecular complexity index is 415. The minimum absolute atomic E-state index is 0.407. The van der Waals surface area contributed by atoms with E-state index in [1.165, 1.54) is 0 Å². The molecule has 0 amide bonds. The maximum Gasteiger partial charge on any atom is 0.336 e. The Hall–Kier alpha value is -1.42. The molecule has 1 aromatic heterocycles. The van der Waals surface area contributed by atoms with Gasteiger partial charge in [0.25, 0.3) is 0 Å². The number of aromatic carboxylic acids is 1. The SMILES string of the molecule is Cc1cc(C(=O)O)c2c(n1)CCN(C)C2. The highest BCUT2D eigenvalue weighted by atomic mass is 16.4. The van der Waals surface area contributed by atoms with Crippen LogP contribution in [0.4, 0.5) is 0 Å². The van der Waals surface area contributed by atoms with E-state index < -0.39 is 5.97 Å². The lowest BCUT2D eigenvalue weighted by Gasteiger charge is -2.25. The highest BCUT2D eigenvalue weighted by Gasteiger charge is 2.21. The van der Waals surface area contributed by atoms with Crippen molar-refractivity contribution in [2.45, 2.75) is 19.9 Å². The molecule has 4 nitrogen and oxygen atoms in total. The van der Waals surface area contributed by atoms with Gasteiger partial charge in [-0.25, -0.2) is 4.79 Å². The summed E-state index contributed by atoms with van der Waals surface area (Å²) >= 11 is 0. The average molecular weight is 206 g/mol. The number of carboxylic acids is 1. The largest absolute Gasteiger partial charge is 0.478 e. The molecule has 0 atom stereocenters. The first-order valence-electron chi connectivity index (χ1n) is 4.99. The van der Waals surface area contributed by atoms with Crippen LogP contribution < -0.4 is 0 Å². The van der Waals surface area contributed by atoms with Gasteiger partial charge in [0.05, 0.1) is 5.56 Å². The molecule has 0 fully saturated rings. The predicted molar refractivity (Wildman–Crippen MR) is 56.0 cm³/mol. The molecule has 80 valence electrons. The second-order valence-corrected chi connectivity index (χ2v) is 4.03. The summed E-state index contributed by atoms with van der Waals surface area (Å²) < 4.78 is 0. The number of likely N-dealkylation sites (N-methyl/N-ethyl adjacent to an activating group) is 1. The number of nitrogens with zero attached hydrogens (tertiary/aromatic N) is 2. The lowest BCUT2D eigenvalue weighted by atomic mass is 9.99. The monoisotopic (exact) mass is 206 g/mol. The maximum atomic E-state index is 11.1. The zero-order chi connectivity index (χ0) is 11.0. The molecule has 2 heterocycles. The second kappa shape index (κ2) is 3.62. The molecule has 15 heavy (non-hydrogen) atoms. The minimum Gasteiger partial charge on any atom is -0.478 e. The van der Waals surface area contributed by atoms with E-state index in [1.54, 1.807) is 6.07 Å². The maximum absolute atomic E-state index is 11.1. The number of fused-ring (bicyclic) bond motifs is 1. The molecule has 1 N–H and O–H groups in total. The van der Waals surface area contributed by atoms with Crippen LogP contribution in [0.1, 0.15) is 27.3 Å². The molecule has 4 heteroatoms. The zero-order valence-electron chi connectivity index (χ0n) is 8.95. The fourth-order valence-electron chi connectivity index (χ4n) is 1.98.